The number of hydrogen-bond donors (Lipinski definition) is 2. The molecule has 0 aromatic heterocycles. The molecule has 0 aliphatic rings. The minimum absolute atomic E-state index is 0.0386. The summed E-state index contributed by atoms with van der Waals surface area (Å²) in [5, 5.41) is 18.0. The molecule has 0 saturated heterocycles. The summed E-state index contributed by atoms with van der Waals surface area (Å²) in [6.07, 6.45) is 0.0386. The average molecular weight is 214 g/mol. The molecule has 0 atom stereocenters. The predicted molar refractivity (Wildman–Crippen MR) is 53.7 cm³/mol. The molecule has 0 bridgehead atoms. The molecule has 1 aromatic rings. The Morgan fingerprint density at radius 3 is 2.79 bits per heavy atom. The van der Waals surface area contributed by atoms with Crippen LogP contribution in [0.2, 0.25) is 5.02 Å². The zero-order valence-electron chi connectivity index (χ0n) is 7.16. The fourth-order valence-corrected chi connectivity index (χ4v) is 1.27. The number of nitrogens with two attached hydrogens (primary N) is 1. The lowest BCUT2D eigenvalue weighted by atomic mass is 10.1. The van der Waals surface area contributed by atoms with Gasteiger partial charge in [-0.1, -0.05) is 11.6 Å². The van der Waals surface area contributed by atoms with Crippen LogP contribution < -0.4 is 5.73 Å². The van der Waals surface area contributed by atoms with Crippen LogP contribution in [0.15, 0.2) is 18.2 Å². The highest BCUT2D eigenvalue weighted by atomic mass is 35.5. The fourth-order valence-electron chi connectivity index (χ4n) is 1.08. The molecule has 0 heterocycles. The first-order valence-corrected chi connectivity index (χ1v) is 4.14. The summed E-state index contributed by atoms with van der Waals surface area (Å²) in [6, 6.07) is 4.19. The Morgan fingerprint density at radius 1 is 1.64 bits per heavy atom. The molecule has 0 radical (unpaired) electrons. The Balaban J connectivity index is 3.15. The van der Waals surface area contributed by atoms with E-state index in [1.54, 1.807) is 0 Å². The Kier molecular flexibility index (Phi) is 3.03. The predicted octanol–water partition coefficient (Wildman–Crippen LogP) is 1.73. The maximum Gasteiger partial charge on any atom is 0.273 e. The summed E-state index contributed by atoms with van der Waals surface area (Å²) < 4.78 is 0. The zero-order chi connectivity index (χ0) is 10.7. The van der Waals surface area contributed by atoms with Crippen LogP contribution in [0.4, 0.5) is 5.69 Å². The molecule has 0 fully saturated rings. The van der Waals surface area contributed by atoms with Crippen LogP contribution >= 0.6 is 11.6 Å². The molecule has 0 spiro atoms. The van der Waals surface area contributed by atoms with Gasteiger partial charge in [0.1, 0.15) is 0 Å². The quantitative estimate of drug-likeness (QED) is 0.347. The van der Waals surface area contributed by atoms with Crippen molar-refractivity contribution in [3.8, 4) is 0 Å². The molecule has 14 heavy (non-hydrogen) atoms. The van der Waals surface area contributed by atoms with Crippen molar-refractivity contribution in [1.29, 1.82) is 5.41 Å². The first-order chi connectivity index (χ1) is 6.50. The SMILES string of the molecule is N=C(N)Cc1cc(Cl)ccc1[N+](=O)[O-]. The first-order valence-electron chi connectivity index (χ1n) is 3.76. The van der Waals surface area contributed by atoms with Gasteiger partial charge in [0.05, 0.1) is 10.8 Å². The van der Waals surface area contributed by atoms with Gasteiger partial charge in [0.2, 0.25) is 0 Å². The van der Waals surface area contributed by atoms with Crippen molar-refractivity contribution in [2.75, 3.05) is 0 Å². The molecule has 0 aliphatic carbocycles. The summed E-state index contributed by atoms with van der Waals surface area (Å²) in [5.41, 5.74) is 5.45. The van der Waals surface area contributed by atoms with Gasteiger partial charge >= 0.3 is 0 Å². The van der Waals surface area contributed by atoms with Crippen LogP contribution in [0.1, 0.15) is 5.56 Å². The van der Waals surface area contributed by atoms with Gasteiger partial charge in [0.25, 0.3) is 5.69 Å². The topological polar surface area (TPSA) is 93.0 Å². The molecule has 0 unspecified atom stereocenters. The lowest BCUT2D eigenvalue weighted by molar-refractivity contribution is -0.385. The van der Waals surface area contributed by atoms with Crippen LogP contribution in [0.3, 0.4) is 0 Å². The van der Waals surface area contributed by atoms with Crippen molar-refractivity contribution in [2.45, 2.75) is 6.42 Å². The molecular weight excluding hydrogens is 206 g/mol. The third-order valence-electron chi connectivity index (χ3n) is 1.62. The number of nitro benzene ring substituents is 1. The van der Waals surface area contributed by atoms with E-state index in [9.17, 15) is 10.1 Å². The summed E-state index contributed by atoms with van der Waals surface area (Å²) >= 11 is 5.67. The second kappa shape index (κ2) is 4.06. The minimum atomic E-state index is -0.519. The van der Waals surface area contributed by atoms with Gasteiger partial charge in [-0.25, -0.2) is 0 Å². The largest absolute Gasteiger partial charge is 0.387 e. The van der Waals surface area contributed by atoms with E-state index < -0.39 is 4.92 Å². The van der Waals surface area contributed by atoms with E-state index in [2.05, 4.69) is 0 Å². The number of nitro groups is 1. The molecular formula is C8H8ClN3O2. The van der Waals surface area contributed by atoms with Crippen LogP contribution in [0, 0.1) is 15.5 Å². The minimum Gasteiger partial charge on any atom is -0.387 e. The van der Waals surface area contributed by atoms with Crippen molar-refractivity contribution in [1.82, 2.24) is 0 Å². The molecule has 6 heteroatoms. The Labute approximate surface area is 85.1 Å². The standard InChI is InChI=1S/C8H8ClN3O2/c9-6-1-2-7(12(13)14)5(3-6)4-8(10)11/h1-3H,4H2,(H3,10,11). The molecule has 1 rings (SSSR count). The van der Waals surface area contributed by atoms with Crippen LogP contribution in [-0.2, 0) is 6.42 Å². The van der Waals surface area contributed by atoms with E-state index in [1.165, 1.54) is 18.2 Å². The van der Waals surface area contributed by atoms with Gasteiger partial charge in [-0.15, -0.1) is 0 Å². The lowest BCUT2D eigenvalue weighted by Gasteiger charge is -2.01. The van der Waals surface area contributed by atoms with Crippen LogP contribution in [-0.4, -0.2) is 10.8 Å². The number of nitrogens with zero attached hydrogens (tertiary/aromatic N) is 1. The van der Waals surface area contributed by atoms with Gasteiger partial charge in [0, 0.05) is 23.1 Å². The van der Waals surface area contributed by atoms with Crippen molar-refractivity contribution < 1.29 is 4.92 Å². The molecule has 74 valence electrons. The lowest BCUT2D eigenvalue weighted by Crippen LogP contribution is -2.13. The number of hydrogen-bond acceptors (Lipinski definition) is 3. The van der Waals surface area contributed by atoms with Gasteiger partial charge < -0.3 is 5.73 Å². The van der Waals surface area contributed by atoms with Crippen molar-refractivity contribution in [3.05, 3.63) is 38.9 Å². The summed E-state index contributed by atoms with van der Waals surface area (Å²) in [6.45, 7) is 0. The number of rotatable bonds is 3. The van der Waals surface area contributed by atoms with Crippen molar-refractivity contribution in [3.63, 3.8) is 0 Å². The van der Waals surface area contributed by atoms with E-state index >= 15 is 0 Å². The highest BCUT2D eigenvalue weighted by molar-refractivity contribution is 6.30. The summed E-state index contributed by atoms with van der Waals surface area (Å²) in [4.78, 5) is 10.0. The zero-order valence-corrected chi connectivity index (χ0v) is 7.91. The van der Waals surface area contributed by atoms with Gasteiger partial charge in [-0.05, 0) is 12.1 Å². The van der Waals surface area contributed by atoms with E-state index in [0.29, 0.717) is 10.6 Å². The van der Waals surface area contributed by atoms with Crippen molar-refractivity contribution in [2.24, 2.45) is 5.73 Å². The monoisotopic (exact) mass is 213 g/mol. The Bertz CT molecular complexity index is 392. The number of benzene rings is 1. The van der Waals surface area contributed by atoms with Crippen LogP contribution in [0.5, 0.6) is 0 Å². The second-order valence-electron chi connectivity index (χ2n) is 2.73. The third kappa shape index (κ3) is 2.43. The van der Waals surface area contributed by atoms with Gasteiger partial charge in [0.15, 0.2) is 0 Å². The van der Waals surface area contributed by atoms with Crippen molar-refractivity contribution >= 4 is 23.1 Å². The van der Waals surface area contributed by atoms with E-state index in [1.807, 2.05) is 0 Å². The second-order valence-corrected chi connectivity index (χ2v) is 3.17. The Morgan fingerprint density at radius 2 is 2.29 bits per heavy atom. The third-order valence-corrected chi connectivity index (χ3v) is 1.85. The molecule has 0 aliphatic heterocycles. The van der Waals surface area contributed by atoms with E-state index in [0.717, 1.165) is 0 Å². The number of halogens is 1. The van der Waals surface area contributed by atoms with Crippen LogP contribution in [0.25, 0.3) is 0 Å². The average Bonchev–Trinajstić information content (AvgIpc) is 2.01. The first kappa shape index (κ1) is 10.5. The summed E-state index contributed by atoms with van der Waals surface area (Å²) in [5.74, 6) is -0.129. The molecule has 1 aromatic carbocycles. The maximum atomic E-state index is 10.6. The summed E-state index contributed by atoms with van der Waals surface area (Å²) in [7, 11) is 0. The highest BCUT2D eigenvalue weighted by Gasteiger charge is 2.14. The Hall–Kier alpha value is -1.62. The van der Waals surface area contributed by atoms with E-state index in [4.69, 9.17) is 22.7 Å². The number of amidine groups is 1. The maximum absolute atomic E-state index is 10.6. The molecule has 5 nitrogen and oxygen atoms in total. The normalized spacial score (nSPS) is 9.79. The highest BCUT2D eigenvalue weighted by Crippen LogP contribution is 2.22. The molecule has 3 N–H and O–H groups in total. The number of nitrogens with one attached hydrogen (secondary N) is 1. The van der Waals surface area contributed by atoms with E-state index in [-0.39, 0.29) is 17.9 Å². The van der Waals surface area contributed by atoms with Gasteiger partial charge in [-0.2, -0.15) is 0 Å². The fraction of sp³-hybridized carbons (Fsp3) is 0.125. The molecule has 0 saturated carbocycles. The smallest absolute Gasteiger partial charge is 0.273 e. The molecule has 0 amide bonds. The van der Waals surface area contributed by atoms with Gasteiger partial charge in [-0.3, -0.25) is 15.5 Å².